The maximum Gasteiger partial charge on any atom is 0.336 e. The number of benzene rings is 2. The van der Waals surface area contributed by atoms with Crippen molar-refractivity contribution in [2.45, 2.75) is 39.7 Å². The molecule has 2 aromatic carbocycles. The molecule has 3 rings (SSSR count). The van der Waals surface area contributed by atoms with E-state index in [1.165, 1.54) is 0 Å². The van der Waals surface area contributed by atoms with Gasteiger partial charge in [-0.15, -0.1) is 0 Å². The highest BCUT2D eigenvalue weighted by atomic mass is 32.1. The zero-order valence-electron chi connectivity index (χ0n) is 16.7. The summed E-state index contributed by atoms with van der Waals surface area (Å²) in [5, 5.41) is 15.7. The topological polar surface area (TPSA) is 68.0 Å². The first-order chi connectivity index (χ1) is 14.0. The number of carboxylic acids is 1. The van der Waals surface area contributed by atoms with E-state index in [1.807, 2.05) is 41.1 Å². The van der Waals surface area contributed by atoms with Gasteiger partial charge in [-0.1, -0.05) is 68.5 Å². The first-order valence-electron chi connectivity index (χ1n) is 9.75. The van der Waals surface area contributed by atoms with E-state index in [4.69, 9.17) is 12.2 Å². The molecule has 5 nitrogen and oxygen atoms in total. The number of aryl methyl sites for hydroxylation is 1. The molecule has 0 saturated carbocycles. The van der Waals surface area contributed by atoms with Crippen molar-refractivity contribution in [1.29, 1.82) is 0 Å². The summed E-state index contributed by atoms with van der Waals surface area (Å²) >= 11 is 4.96. The van der Waals surface area contributed by atoms with Crippen LogP contribution < -0.4 is 0 Å². The molecular weight excluding hydrogens is 382 g/mol. The number of rotatable bonds is 9. The van der Waals surface area contributed by atoms with E-state index in [2.05, 4.69) is 23.9 Å². The summed E-state index contributed by atoms with van der Waals surface area (Å²) in [5.74, 6) is 1.35. The number of carbonyl (C=O) groups is 1. The van der Waals surface area contributed by atoms with Crippen molar-refractivity contribution >= 4 is 23.6 Å². The van der Waals surface area contributed by atoms with Crippen molar-refractivity contribution in [2.24, 2.45) is 5.92 Å². The number of carboxylic acid groups (broad SMARTS) is 1. The first-order valence-corrected chi connectivity index (χ1v) is 10.2. The predicted octanol–water partition coefficient (Wildman–Crippen LogP) is 4.82. The van der Waals surface area contributed by atoms with Crippen LogP contribution in [0.3, 0.4) is 0 Å². The molecule has 0 radical (unpaired) electrons. The fraction of sp³-hybridized carbons (Fsp3) is 0.304. The van der Waals surface area contributed by atoms with Gasteiger partial charge in [0.15, 0.2) is 5.82 Å². The van der Waals surface area contributed by atoms with E-state index in [-0.39, 0.29) is 0 Å². The summed E-state index contributed by atoms with van der Waals surface area (Å²) in [5.41, 5.74) is 3.01. The molecule has 0 spiro atoms. The zero-order chi connectivity index (χ0) is 20.8. The van der Waals surface area contributed by atoms with E-state index >= 15 is 0 Å². The lowest BCUT2D eigenvalue weighted by molar-refractivity contribution is 0.0697. The molecule has 0 unspecified atom stereocenters. The molecule has 29 heavy (non-hydrogen) atoms. The van der Waals surface area contributed by atoms with Crippen molar-refractivity contribution in [2.75, 3.05) is 0 Å². The lowest BCUT2D eigenvalue weighted by Gasteiger charge is -2.09. The third-order valence-electron chi connectivity index (χ3n) is 4.76. The molecule has 0 bridgehead atoms. The first kappa shape index (κ1) is 20.9. The van der Waals surface area contributed by atoms with Crippen molar-refractivity contribution in [3.63, 3.8) is 0 Å². The van der Waals surface area contributed by atoms with Gasteiger partial charge in [-0.3, -0.25) is 0 Å². The second kappa shape index (κ2) is 9.56. The number of aromatic nitrogens is 3. The highest BCUT2D eigenvalue weighted by molar-refractivity contribution is 7.78. The van der Waals surface area contributed by atoms with E-state index in [0.717, 1.165) is 41.3 Å². The third-order valence-corrected chi connectivity index (χ3v) is 4.93. The van der Waals surface area contributed by atoms with Gasteiger partial charge in [-0.25, -0.2) is 14.5 Å². The van der Waals surface area contributed by atoms with Crippen LogP contribution in [0.4, 0.5) is 0 Å². The highest BCUT2D eigenvalue weighted by Crippen LogP contribution is 2.24. The summed E-state index contributed by atoms with van der Waals surface area (Å²) in [6.07, 6.45) is 2.30. The monoisotopic (exact) mass is 407 g/mol. The van der Waals surface area contributed by atoms with Crippen LogP contribution in [0, 0.1) is 5.92 Å². The smallest absolute Gasteiger partial charge is 0.336 e. The Morgan fingerprint density at radius 1 is 1.17 bits per heavy atom. The summed E-state index contributed by atoms with van der Waals surface area (Å²) in [6, 6.07) is 15.0. The molecule has 1 N–H and O–H groups in total. The van der Waals surface area contributed by atoms with Gasteiger partial charge in [-0.2, -0.15) is 5.10 Å². The van der Waals surface area contributed by atoms with E-state index in [0.29, 0.717) is 24.3 Å². The molecule has 3 aromatic rings. The van der Waals surface area contributed by atoms with E-state index in [1.54, 1.807) is 17.5 Å². The van der Waals surface area contributed by atoms with Gasteiger partial charge in [0.2, 0.25) is 0 Å². The lowest BCUT2D eigenvalue weighted by Crippen LogP contribution is -2.08. The Morgan fingerprint density at radius 2 is 1.90 bits per heavy atom. The Kier molecular flexibility index (Phi) is 6.88. The van der Waals surface area contributed by atoms with Gasteiger partial charge in [0, 0.05) is 19.4 Å². The molecule has 0 aliphatic carbocycles. The van der Waals surface area contributed by atoms with Gasteiger partial charge in [0.25, 0.3) is 0 Å². The number of hydrogen-bond donors (Lipinski definition) is 1. The second-order valence-electron chi connectivity index (χ2n) is 7.45. The van der Waals surface area contributed by atoms with Crippen LogP contribution in [0.15, 0.2) is 48.5 Å². The van der Waals surface area contributed by atoms with Crippen molar-refractivity contribution in [1.82, 2.24) is 14.8 Å². The summed E-state index contributed by atoms with van der Waals surface area (Å²) in [7, 11) is 0. The molecule has 0 atom stereocenters. The second-order valence-corrected chi connectivity index (χ2v) is 7.78. The third kappa shape index (κ3) is 5.35. The molecule has 150 valence electrons. The predicted molar refractivity (Wildman–Crippen MR) is 118 cm³/mol. The van der Waals surface area contributed by atoms with Crippen LogP contribution in [-0.2, 0) is 19.4 Å². The number of hydrogen-bond acceptors (Lipinski definition) is 4. The fourth-order valence-corrected chi connectivity index (χ4v) is 3.33. The minimum absolute atomic E-state index is 0.304. The lowest BCUT2D eigenvalue weighted by atomic mass is 9.98. The quantitative estimate of drug-likeness (QED) is 0.515. The molecular formula is C23H25N3O2S. The van der Waals surface area contributed by atoms with Gasteiger partial charge in [0.1, 0.15) is 5.82 Å². The summed E-state index contributed by atoms with van der Waals surface area (Å²) in [6.45, 7) is 5.23. The van der Waals surface area contributed by atoms with Crippen molar-refractivity contribution in [3.05, 3.63) is 71.3 Å². The van der Waals surface area contributed by atoms with Crippen LogP contribution >= 0.6 is 12.2 Å². The minimum Gasteiger partial charge on any atom is -0.478 e. The van der Waals surface area contributed by atoms with Crippen LogP contribution in [0.5, 0.6) is 0 Å². The minimum atomic E-state index is -0.922. The maximum atomic E-state index is 11.5. The van der Waals surface area contributed by atoms with Gasteiger partial charge < -0.3 is 5.11 Å². The Bertz CT molecular complexity index is 994. The van der Waals surface area contributed by atoms with Crippen molar-refractivity contribution < 1.29 is 9.90 Å². The number of nitrogens with zero attached hydrogens (tertiary/aromatic N) is 3. The largest absolute Gasteiger partial charge is 0.478 e. The van der Waals surface area contributed by atoms with Gasteiger partial charge >= 0.3 is 5.97 Å². The van der Waals surface area contributed by atoms with Crippen LogP contribution in [0.25, 0.3) is 11.1 Å². The standard InChI is InChI=1S/C23H25N3O2S/c1-16(2)11-13-26-22(24-21(25-26)12-14-29)15-17-7-9-18(10-8-17)19-5-3-4-6-20(19)23(27)28/h3-10,14,16H,11-13,15H2,1-2H3,(H,27,28). The Balaban J connectivity index is 1.83. The molecule has 0 amide bonds. The molecule has 0 saturated heterocycles. The molecule has 6 heteroatoms. The summed E-state index contributed by atoms with van der Waals surface area (Å²) in [4.78, 5) is 16.1. The van der Waals surface area contributed by atoms with E-state index in [9.17, 15) is 9.90 Å². The Labute approximate surface area is 176 Å². The molecule has 1 aromatic heterocycles. The van der Waals surface area contributed by atoms with Crippen molar-refractivity contribution in [3.8, 4) is 11.1 Å². The molecule has 0 aliphatic heterocycles. The van der Waals surface area contributed by atoms with Gasteiger partial charge in [-0.05, 0) is 40.5 Å². The average molecular weight is 408 g/mol. The fourth-order valence-electron chi connectivity index (χ4n) is 3.18. The SMILES string of the molecule is CC(C)CCn1nc(CC=S)nc1Cc1ccc(-c2ccccc2C(=O)O)cc1. The Morgan fingerprint density at radius 3 is 2.55 bits per heavy atom. The van der Waals surface area contributed by atoms with E-state index < -0.39 is 5.97 Å². The normalized spacial score (nSPS) is 11.0. The molecule has 0 aliphatic rings. The Hall–Kier alpha value is -2.86. The number of aromatic carboxylic acids is 1. The average Bonchev–Trinajstić information content (AvgIpc) is 3.08. The van der Waals surface area contributed by atoms with Gasteiger partial charge in [0.05, 0.1) is 5.56 Å². The maximum absolute atomic E-state index is 11.5. The molecule has 0 fully saturated rings. The number of thiocarbonyl (C=S) groups is 1. The van der Waals surface area contributed by atoms with Crippen LogP contribution in [0.2, 0.25) is 0 Å². The zero-order valence-corrected chi connectivity index (χ0v) is 17.5. The summed E-state index contributed by atoms with van der Waals surface area (Å²) < 4.78 is 1.99. The van der Waals surface area contributed by atoms with Crippen LogP contribution in [-0.4, -0.2) is 31.2 Å². The molecule has 1 heterocycles. The van der Waals surface area contributed by atoms with Crippen LogP contribution in [0.1, 0.15) is 47.8 Å². The highest BCUT2D eigenvalue weighted by Gasteiger charge is 2.13.